The third kappa shape index (κ3) is 3.87. The van der Waals surface area contributed by atoms with Crippen LogP contribution in [0.1, 0.15) is 15.4 Å². The van der Waals surface area contributed by atoms with Crippen LogP contribution in [0.25, 0.3) is 11.3 Å². The third-order valence-corrected chi connectivity index (χ3v) is 4.57. The Balaban J connectivity index is 1.72. The summed E-state index contributed by atoms with van der Waals surface area (Å²) in [7, 11) is 0. The van der Waals surface area contributed by atoms with Crippen molar-refractivity contribution in [3.05, 3.63) is 68.5 Å². The summed E-state index contributed by atoms with van der Waals surface area (Å²) in [4.78, 5) is 15.4. The maximum absolute atomic E-state index is 11.0. The van der Waals surface area contributed by atoms with Gasteiger partial charge >= 0.3 is 5.97 Å². The van der Waals surface area contributed by atoms with E-state index in [0.29, 0.717) is 15.8 Å². The van der Waals surface area contributed by atoms with Crippen molar-refractivity contribution in [3.63, 3.8) is 0 Å². The molecule has 7 heteroatoms. The molecule has 0 aliphatic carbocycles. The van der Waals surface area contributed by atoms with Crippen molar-refractivity contribution in [1.29, 1.82) is 0 Å². The monoisotopic (exact) mass is 379 g/mol. The minimum absolute atomic E-state index is 0.181. The molecule has 1 aromatic heterocycles. The van der Waals surface area contributed by atoms with Gasteiger partial charge in [0.05, 0.1) is 16.3 Å². The Hall–Kier alpha value is -2.08. The lowest BCUT2D eigenvalue weighted by atomic mass is 10.2. The molecule has 0 aliphatic rings. The molecule has 0 aliphatic heterocycles. The predicted octanol–water partition coefficient (Wildman–Crippen LogP) is 5.39. The topological polar surface area (TPSA) is 59.4 Å². The maximum atomic E-state index is 11.0. The SMILES string of the molecule is O=C(O)c1cccc(OCc2nc(-c3ccc(Cl)cc3Cl)cs2)c1. The van der Waals surface area contributed by atoms with Crippen LogP contribution in [0, 0.1) is 0 Å². The van der Waals surface area contributed by atoms with Crippen molar-refractivity contribution >= 4 is 40.5 Å². The molecule has 0 atom stereocenters. The number of ether oxygens (including phenoxy) is 1. The first-order valence-electron chi connectivity index (χ1n) is 6.89. The lowest BCUT2D eigenvalue weighted by Gasteiger charge is -2.05. The average molecular weight is 380 g/mol. The van der Waals surface area contributed by atoms with Crippen molar-refractivity contribution in [2.24, 2.45) is 0 Å². The van der Waals surface area contributed by atoms with Crippen LogP contribution < -0.4 is 4.74 Å². The molecular weight excluding hydrogens is 369 g/mol. The molecule has 0 saturated carbocycles. The number of carboxylic acid groups (broad SMARTS) is 1. The molecule has 24 heavy (non-hydrogen) atoms. The molecule has 3 rings (SSSR count). The van der Waals surface area contributed by atoms with Gasteiger partial charge in [0.25, 0.3) is 0 Å². The molecule has 3 aromatic rings. The van der Waals surface area contributed by atoms with Gasteiger partial charge < -0.3 is 9.84 Å². The Morgan fingerprint density at radius 3 is 2.79 bits per heavy atom. The fourth-order valence-corrected chi connectivity index (χ4v) is 3.27. The van der Waals surface area contributed by atoms with Gasteiger partial charge in [0.15, 0.2) is 0 Å². The van der Waals surface area contributed by atoms with Gasteiger partial charge in [0.2, 0.25) is 0 Å². The number of aromatic carboxylic acids is 1. The van der Waals surface area contributed by atoms with Crippen LogP contribution in [0.3, 0.4) is 0 Å². The van der Waals surface area contributed by atoms with Crippen LogP contribution in [0.4, 0.5) is 0 Å². The lowest BCUT2D eigenvalue weighted by molar-refractivity contribution is 0.0696. The van der Waals surface area contributed by atoms with Crippen LogP contribution in [0.2, 0.25) is 10.0 Å². The summed E-state index contributed by atoms with van der Waals surface area (Å²) in [5.41, 5.74) is 1.73. The zero-order valence-corrected chi connectivity index (χ0v) is 14.5. The molecule has 0 unspecified atom stereocenters. The molecular formula is C17H11Cl2NO3S. The van der Waals surface area contributed by atoms with E-state index < -0.39 is 5.97 Å². The zero-order valence-electron chi connectivity index (χ0n) is 12.2. The van der Waals surface area contributed by atoms with Gasteiger partial charge in [-0.25, -0.2) is 9.78 Å². The van der Waals surface area contributed by atoms with Gasteiger partial charge in [-0.3, -0.25) is 0 Å². The molecule has 0 spiro atoms. The number of halogens is 2. The summed E-state index contributed by atoms with van der Waals surface area (Å²) < 4.78 is 5.61. The molecule has 0 bridgehead atoms. The number of carboxylic acids is 1. The number of thiazole rings is 1. The van der Waals surface area contributed by atoms with Crippen molar-refractivity contribution in [1.82, 2.24) is 4.98 Å². The second-order valence-electron chi connectivity index (χ2n) is 4.87. The van der Waals surface area contributed by atoms with Crippen LogP contribution in [0.5, 0.6) is 5.75 Å². The minimum Gasteiger partial charge on any atom is -0.486 e. The van der Waals surface area contributed by atoms with E-state index in [4.69, 9.17) is 33.0 Å². The largest absolute Gasteiger partial charge is 0.486 e. The Morgan fingerprint density at radius 2 is 2.04 bits per heavy atom. The van der Waals surface area contributed by atoms with Crippen LogP contribution >= 0.6 is 34.5 Å². The molecule has 2 aromatic carbocycles. The fraction of sp³-hybridized carbons (Fsp3) is 0.0588. The summed E-state index contributed by atoms with van der Waals surface area (Å²) in [5, 5.41) is 12.7. The normalized spacial score (nSPS) is 10.6. The zero-order chi connectivity index (χ0) is 17.1. The maximum Gasteiger partial charge on any atom is 0.335 e. The first-order chi connectivity index (χ1) is 11.5. The minimum atomic E-state index is -0.991. The summed E-state index contributed by atoms with van der Waals surface area (Å²) in [6, 6.07) is 11.6. The number of hydrogen-bond acceptors (Lipinski definition) is 4. The Labute approximate surface area is 152 Å². The predicted molar refractivity (Wildman–Crippen MR) is 95.3 cm³/mol. The van der Waals surface area contributed by atoms with E-state index in [1.165, 1.54) is 23.5 Å². The average Bonchev–Trinajstić information content (AvgIpc) is 3.02. The van der Waals surface area contributed by atoms with Crippen molar-refractivity contribution < 1.29 is 14.6 Å². The van der Waals surface area contributed by atoms with Crippen molar-refractivity contribution in [2.45, 2.75) is 6.61 Å². The Bertz CT molecular complexity index is 895. The van der Waals surface area contributed by atoms with E-state index in [1.54, 1.807) is 24.3 Å². The molecule has 0 fully saturated rings. The number of rotatable bonds is 5. The van der Waals surface area contributed by atoms with Gasteiger partial charge in [0.1, 0.15) is 17.4 Å². The quantitative estimate of drug-likeness (QED) is 0.644. The highest BCUT2D eigenvalue weighted by Gasteiger charge is 2.10. The summed E-state index contributed by atoms with van der Waals surface area (Å²) in [6.07, 6.45) is 0. The van der Waals surface area contributed by atoms with Gasteiger partial charge in [0, 0.05) is 16.0 Å². The Kier molecular flexibility index (Phi) is 5.04. The van der Waals surface area contributed by atoms with Gasteiger partial charge in [-0.05, 0) is 36.4 Å². The van der Waals surface area contributed by atoms with E-state index in [-0.39, 0.29) is 12.2 Å². The van der Waals surface area contributed by atoms with Gasteiger partial charge in [-0.1, -0.05) is 29.3 Å². The van der Waals surface area contributed by atoms with E-state index in [9.17, 15) is 4.79 Å². The molecule has 0 amide bonds. The Morgan fingerprint density at radius 1 is 1.21 bits per heavy atom. The summed E-state index contributed by atoms with van der Waals surface area (Å²) in [6.45, 7) is 0.249. The highest BCUT2D eigenvalue weighted by Crippen LogP contribution is 2.31. The van der Waals surface area contributed by atoms with E-state index >= 15 is 0 Å². The van der Waals surface area contributed by atoms with Crippen LogP contribution in [-0.2, 0) is 6.61 Å². The highest BCUT2D eigenvalue weighted by molar-refractivity contribution is 7.09. The lowest BCUT2D eigenvalue weighted by Crippen LogP contribution is -1.99. The molecule has 1 N–H and O–H groups in total. The molecule has 0 radical (unpaired) electrons. The standard InChI is InChI=1S/C17H11Cl2NO3S/c18-11-4-5-13(14(19)7-11)15-9-24-16(20-15)8-23-12-3-1-2-10(6-12)17(21)22/h1-7,9H,8H2,(H,21,22). The summed E-state index contributed by atoms with van der Waals surface area (Å²) >= 11 is 13.5. The number of aromatic nitrogens is 1. The second kappa shape index (κ2) is 7.21. The molecule has 122 valence electrons. The van der Waals surface area contributed by atoms with Gasteiger partial charge in [-0.2, -0.15) is 0 Å². The van der Waals surface area contributed by atoms with Gasteiger partial charge in [-0.15, -0.1) is 11.3 Å². The number of benzene rings is 2. The van der Waals surface area contributed by atoms with E-state index in [0.717, 1.165) is 16.3 Å². The van der Waals surface area contributed by atoms with Crippen molar-refractivity contribution in [2.75, 3.05) is 0 Å². The first kappa shape index (κ1) is 16.8. The van der Waals surface area contributed by atoms with Crippen LogP contribution in [-0.4, -0.2) is 16.1 Å². The van der Waals surface area contributed by atoms with Crippen molar-refractivity contribution in [3.8, 4) is 17.0 Å². The number of carbonyl (C=O) groups is 1. The summed E-state index contributed by atoms with van der Waals surface area (Å²) in [5.74, 6) is -0.509. The van der Waals surface area contributed by atoms with E-state index in [2.05, 4.69) is 4.98 Å². The number of hydrogen-bond donors (Lipinski definition) is 1. The first-order valence-corrected chi connectivity index (χ1v) is 8.52. The fourth-order valence-electron chi connectivity index (χ4n) is 2.06. The van der Waals surface area contributed by atoms with Crippen LogP contribution in [0.15, 0.2) is 47.8 Å². The molecule has 4 nitrogen and oxygen atoms in total. The second-order valence-corrected chi connectivity index (χ2v) is 6.66. The molecule has 0 saturated heterocycles. The highest BCUT2D eigenvalue weighted by atomic mass is 35.5. The molecule has 1 heterocycles. The number of nitrogens with zero attached hydrogens (tertiary/aromatic N) is 1. The third-order valence-electron chi connectivity index (χ3n) is 3.20. The smallest absolute Gasteiger partial charge is 0.335 e. The van der Waals surface area contributed by atoms with E-state index in [1.807, 2.05) is 11.4 Å².